The second-order valence-electron chi connectivity index (χ2n) is 4.43. The molecule has 0 aromatic heterocycles. The van der Waals surface area contributed by atoms with Crippen LogP contribution in [0.3, 0.4) is 0 Å². The average Bonchev–Trinajstić information content (AvgIpc) is 2.95. The lowest BCUT2D eigenvalue weighted by atomic mass is 10.3. The maximum absolute atomic E-state index is 11.5. The number of rotatable bonds is 3. The van der Waals surface area contributed by atoms with Crippen molar-refractivity contribution in [2.24, 2.45) is 11.8 Å². The summed E-state index contributed by atoms with van der Waals surface area (Å²) in [4.78, 5) is 11.5. The molecule has 1 aromatic carbocycles. The van der Waals surface area contributed by atoms with Crippen molar-refractivity contribution in [3.05, 3.63) is 24.3 Å². The van der Waals surface area contributed by atoms with Crippen LogP contribution in [0.15, 0.2) is 24.3 Å². The number of nitrogen functional groups attached to an aromatic ring is 1. The number of anilines is 2. The van der Waals surface area contributed by atoms with Crippen LogP contribution in [0.2, 0.25) is 0 Å². The van der Waals surface area contributed by atoms with Gasteiger partial charge in [-0.2, -0.15) is 0 Å². The number of carbonyl (C=O) groups is 1. The maximum atomic E-state index is 11.5. The van der Waals surface area contributed by atoms with Gasteiger partial charge >= 0.3 is 6.03 Å². The van der Waals surface area contributed by atoms with Crippen LogP contribution in [0.1, 0.15) is 13.3 Å². The SMILES string of the molecule is CC1CC1CNC(=O)Nc1ccc(N)cc1. The number of benzene rings is 1. The normalized spacial score (nSPS) is 22.6. The summed E-state index contributed by atoms with van der Waals surface area (Å²) in [6.07, 6.45) is 1.22. The molecule has 2 unspecified atom stereocenters. The minimum atomic E-state index is -0.149. The molecule has 86 valence electrons. The third-order valence-electron chi connectivity index (χ3n) is 2.97. The predicted octanol–water partition coefficient (Wildman–Crippen LogP) is 2.05. The summed E-state index contributed by atoms with van der Waals surface area (Å²) in [6, 6.07) is 6.95. The lowest BCUT2D eigenvalue weighted by molar-refractivity contribution is 0.251. The third-order valence-corrected chi connectivity index (χ3v) is 2.97. The van der Waals surface area contributed by atoms with E-state index >= 15 is 0 Å². The highest BCUT2D eigenvalue weighted by Crippen LogP contribution is 2.36. The molecule has 4 N–H and O–H groups in total. The molecule has 1 saturated carbocycles. The Bertz CT molecular complexity index is 374. The summed E-state index contributed by atoms with van der Waals surface area (Å²) in [7, 11) is 0. The van der Waals surface area contributed by atoms with Crippen molar-refractivity contribution in [1.82, 2.24) is 5.32 Å². The van der Waals surface area contributed by atoms with Crippen molar-refractivity contribution in [2.75, 3.05) is 17.6 Å². The summed E-state index contributed by atoms with van der Waals surface area (Å²) in [5, 5.41) is 5.62. The van der Waals surface area contributed by atoms with Crippen molar-refractivity contribution < 1.29 is 4.79 Å². The van der Waals surface area contributed by atoms with Gasteiger partial charge in [0.2, 0.25) is 0 Å². The fraction of sp³-hybridized carbons (Fsp3) is 0.417. The molecule has 0 aliphatic heterocycles. The zero-order valence-corrected chi connectivity index (χ0v) is 9.36. The number of amides is 2. The van der Waals surface area contributed by atoms with E-state index in [1.807, 2.05) is 0 Å². The van der Waals surface area contributed by atoms with Gasteiger partial charge in [-0.25, -0.2) is 4.79 Å². The van der Waals surface area contributed by atoms with Crippen LogP contribution in [0, 0.1) is 11.8 Å². The van der Waals surface area contributed by atoms with Gasteiger partial charge in [-0.1, -0.05) is 6.92 Å². The van der Waals surface area contributed by atoms with Crippen LogP contribution in [0.4, 0.5) is 16.2 Å². The Morgan fingerprint density at radius 3 is 2.62 bits per heavy atom. The van der Waals surface area contributed by atoms with Gasteiger partial charge in [0.15, 0.2) is 0 Å². The summed E-state index contributed by atoms with van der Waals surface area (Å²) in [6.45, 7) is 2.96. The van der Waals surface area contributed by atoms with Gasteiger partial charge in [-0.05, 0) is 42.5 Å². The summed E-state index contributed by atoms with van der Waals surface area (Å²) >= 11 is 0. The van der Waals surface area contributed by atoms with E-state index in [9.17, 15) is 4.79 Å². The molecule has 4 heteroatoms. The molecule has 0 spiro atoms. The van der Waals surface area contributed by atoms with Gasteiger partial charge in [0.1, 0.15) is 0 Å². The molecule has 2 rings (SSSR count). The van der Waals surface area contributed by atoms with Gasteiger partial charge in [0.25, 0.3) is 0 Å². The van der Waals surface area contributed by atoms with Crippen LogP contribution in [-0.4, -0.2) is 12.6 Å². The van der Waals surface area contributed by atoms with Gasteiger partial charge in [0, 0.05) is 17.9 Å². The maximum Gasteiger partial charge on any atom is 0.319 e. The van der Waals surface area contributed by atoms with Crippen molar-refractivity contribution >= 4 is 17.4 Å². The molecule has 1 aliphatic rings. The lowest BCUT2D eigenvalue weighted by Gasteiger charge is -2.07. The molecule has 0 bridgehead atoms. The van der Waals surface area contributed by atoms with E-state index in [0.717, 1.165) is 18.2 Å². The average molecular weight is 219 g/mol. The van der Waals surface area contributed by atoms with Crippen LogP contribution in [0.25, 0.3) is 0 Å². The first-order chi connectivity index (χ1) is 7.65. The van der Waals surface area contributed by atoms with Crippen molar-refractivity contribution in [1.29, 1.82) is 0 Å². The van der Waals surface area contributed by atoms with E-state index in [4.69, 9.17) is 5.73 Å². The highest BCUT2D eigenvalue weighted by molar-refractivity contribution is 5.89. The number of carbonyl (C=O) groups excluding carboxylic acids is 1. The Labute approximate surface area is 95.2 Å². The quantitative estimate of drug-likeness (QED) is 0.681. The van der Waals surface area contributed by atoms with Crippen LogP contribution in [-0.2, 0) is 0 Å². The van der Waals surface area contributed by atoms with Crippen LogP contribution < -0.4 is 16.4 Å². The summed E-state index contributed by atoms with van der Waals surface area (Å²) in [5.74, 6) is 1.42. The standard InChI is InChI=1S/C12H17N3O/c1-8-6-9(8)7-14-12(16)15-11-4-2-10(13)3-5-11/h2-5,8-9H,6-7,13H2,1H3,(H2,14,15,16). The second kappa shape index (κ2) is 4.43. The van der Waals surface area contributed by atoms with Crippen molar-refractivity contribution in [3.63, 3.8) is 0 Å². The molecule has 0 heterocycles. The monoisotopic (exact) mass is 219 g/mol. The van der Waals surface area contributed by atoms with Crippen molar-refractivity contribution in [3.8, 4) is 0 Å². The predicted molar refractivity (Wildman–Crippen MR) is 65.1 cm³/mol. The molecule has 1 fully saturated rings. The molecule has 0 radical (unpaired) electrons. The molecular weight excluding hydrogens is 202 g/mol. The van der Waals surface area contributed by atoms with E-state index in [2.05, 4.69) is 17.6 Å². The Kier molecular flexibility index (Phi) is 2.99. The molecule has 1 aromatic rings. The molecule has 2 amide bonds. The molecule has 1 aliphatic carbocycles. The first-order valence-corrected chi connectivity index (χ1v) is 5.55. The topological polar surface area (TPSA) is 67.2 Å². The minimum absolute atomic E-state index is 0.149. The zero-order valence-electron chi connectivity index (χ0n) is 9.36. The molecule has 4 nitrogen and oxygen atoms in total. The van der Waals surface area contributed by atoms with Gasteiger partial charge in [-0.15, -0.1) is 0 Å². The minimum Gasteiger partial charge on any atom is -0.399 e. The second-order valence-corrected chi connectivity index (χ2v) is 4.43. The highest BCUT2D eigenvalue weighted by atomic mass is 16.2. The van der Waals surface area contributed by atoms with E-state index in [0.29, 0.717) is 11.6 Å². The Hall–Kier alpha value is -1.71. The van der Waals surface area contributed by atoms with Crippen LogP contribution in [0.5, 0.6) is 0 Å². The number of urea groups is 1. The first-order valence-electron chi connectivity index (χ1n) is 5.55. The van der Waals surface area contributed by atoms with Crippen molar-refractivity contribution in [2.45, 2.75) is 13.3 Å². The number of hydrogen-bond acceptors (Lipinski definition) is 2. The number of nitrogens with two attached hydrogens (primary N) is 1. The fourth-order valence-electron chi connectivity index (χ4n) is 1.65. The van der Waals surface area contributed by atoms with Gasteiger partial charge < -0.3 is 16.4 Å². The molecule has 16 heavy (non-hydrogen) atoms. The largest absolute Gasteiger partial charge is 0.399 e. The third kappa shape index (κ3) is 2.89. The lowest BCUT2D eigenvalue weighted by Crippen LogP contribution is -2.30. The van der Waals surface area contributed by atoms with Gasteiger partial charge in [-0.3, -0.25) is 0 Å². The van der Waals surface area contributed by atoms with Gasteiger partial charge in [0.05, 0.1) is 0 Å². The van der Waals surface area contributed by atoms with E-state index in [1.165, 1.54) is 6.42 Å². The number of hydrogen-bond donors (Lipinski definition) is 3. The van der Waals surface area contributed by atoms with E-state index < -0.39 is 0 Å². The Morgan fingerprint density at radius 1 is 1.44 bits per heavy atom. The fourth-order valence-corrected chi connectivity index (χ4v) is 1.65. The Balaban J connectivity index is 1.76. The number of nitrogens with one attached hydrogen (secondary N) is 2. The van der Waals surface area contributed by atoms with E-state index in [1.54, 1.807) is 24.3 Å². The Morgan fingerprint density at radius 2 is 2.06 bits per heavy atom. The molecule has 2 atom stereocenters. The first kappa shape index (κ1) is 10.8. The molecular formula is C12H17N3O. The smallest absolute Gasteiger partial charge is 0.319 e. The zero-order chi connectivity index (χ0) is 11.5. The van der Waals surface area contributed by atoms with Crippen LogP contribution >= 0.6 is 0 Å². The summed E-state index contributed by atoms with van der Waals surface area (Å²) in [5.41, 5.74) is 7.00. The highest BCUT2D eigenvalue weighted by Gasteiger charge is 2.32. The van der Waals surface area contributed by atoms with E-state index in [-0.39, 0.29) is 6.03 Å². The molecule has 0 saturated heterocycles. The summed E-state index contributed by atoms with van der Waals surface area (Å²) < 4.78 is 0.